The van der Waals surface area contributed by atoms with E-state index in [1.165, 1.54) is 6.42 Å². The average molecular weight is 278 g/mol. The summed E-state index contributed by atoms with van der Waals surface area (Å²) in [5, 5.41) is 8.48. The molecule has 1 N–H and O–H groups in total. The van der Waals surface area contributed by atoms with Crippen molar-refractivity contribution in [2.45, 2.75) is 25.6 Å². The molecule has 1 unspecified atom stereocenters. The number of ether oxygens (including phenoxy) is 5. The van der Waals surface area contributed by atoms with Gasteiger partial charge in [-0.2, -0.15) is 0 Å². The molecule has 0 aromatic carbocycles. The molecule has 1 heterocycles. The SMILES string of the molecule is OCCOCCOCCOCCOC1CCCCO1. The molecule has 1 atom stereocenters. The van der Waals surface area contributed by atoms with Crippen molar-refractivity contribution >= 4 is 0 Å². The summed E-state index contributed by atoms with van der Waals surface area (Å²) in [4.78, 5) is 0. The van der Waals surface area contributed by atoms with Gasteiger partial charge >= 0.3 is 0 Å². The molecular weight excluding hydrogens is 252 g/mol. The van der Waals surface area contributed by atoms with E-state index in [4.69, 9.17) is 28.8 Å². The highest BCUT2D eigenvalue weighted by Crippen LogP contribution is 2.13. The van der Waals surface area contributed by atoms with E-state index in [1.807, 2.05) is 0 Å². The molecule has 0 spiro atoms. The predicted molar refractivity (Wildman–Crippen MR) is 69.1 cm³/mol. The monoisotopic (exact) mass is 278 g/mol. The van der Waals surface area contributed by atoms with Crippen molar-refractivity contribution < 1.29 is 28.8 Å². The number of aliphatic hydroxyl groups excluding tert-OH is 1. The zero-order valence-electron chi connectivity index (χ0n) is 11.6. The minimum Gasteiger partial charge on any atom is -0.394 e. The molecule has 0 amide bonds. The minimum atomic E-state index is -0.0442. The normalized spacial score (nSPS) is 19.7. The van der Waals surface area contributed by atoms with Crippen molar-refractivity contribution in [1.82, 2.24) is 0 Å². The first-order valence-corrected chi connectivity index (χ1v) is 7.01. The van der Waals surface area contributed by atoms with E-state index in [0.717, 1.165) is 19.4 Å². The highest BCUT2D eigenvalue weighted by atomic mass is 16.7. The quantitative estimate of drug-likeness (QED) is 0.527. The van der Waals surface area contributed by atoms with Gasteiger partial charge in [0, 0.05) is 6.61 Å². The fourth-order valence-corrected chi connectivity index (χ4v) is 1.69. The smallest absolute Gasteiger partial charge is 0.157 e. The molecule has 0 bridgehead atoms. The van der Waals surface area contributed by atoms with E-state index in [2.05, 4.69) is 0 Å². The van der Waals surface area contributed by atoms with Gasteiger partial charge in [-0.25, -0.2) is 0 Å². The molecule has 1 aliphatic heterocycles. The van der Waals surface area contributed by atoms with Gasteiger partial charge in [0.15, 0.2) is 6.29 Å². The number of hydrogen-bond donors (Lipinski definition) is 1. The highest BCUT2D eigenvalue weighted by molar-refractivity contribution is 4.53. The lowest BCUT2D eigenvalue weighted by Gasteiger charge is -2.22. The maximum atomic E-state index is 8.48. The molecule has 114 valence electrons. The topological polar surface area (TPSA) is 66.4 Å². The number of aliphatic hydroxyl groups is 1. The Morgan fingerprint density at radius 2 is 1.47 bits per heavy atom. The van der Waals surface area contributed by atoms with Gasteiger partial charge in [-0.05, 0) is 19.3 Å². The van der Waals surface area contributed by atoms with Crippen LogP contribution in [-0.4, -0.2) is 70.9 Å². The Bertz CT molecular complexity index is 184. The zero-order valence-corrected chi connectivity index (χ0v) is 11.6. The number of rotatable bonds is 12. The van der Waals surface area contributed by atoms with Crippen LogP contribution in [0.3, 0.4) is 0 Å². The standard InChI is InChI=1S/C13H26O6/c14-4-6-15-7-8-16-9-10-17-11-12-19-13-3-1-2-5-18-13/h13-14H,1-12H2. The van der Waals surface area contributed by atoms with Crippen molar-refractivity contribution in [3.8, 4) is 0 Å². The fourth-order valence-electron chi connectivity index (χ4n) is 1.69. The van der Waals surface area contributed by atoms with Gasteiger partial charge < -0.3 is 28.8 Å². The Morgan fingerprint density at radius 1 is 0.842 bits per heavy atom. The molecular formula is C13H26O6. The maximum absolute atomic E-state index is 8.48. The first-order chi connectivity index (χ1) is 9.43. The van der Waals surface area contributed by atoms with E-state index < -0.39 is 0 Å². The van der Waals surface area contributed by atoms with E-state index in [-0.39, 0.29) is 12.9 Å². The lowest BCUT2D eigenvalue weighted by molar-refractivity contribution is -0.169. The van der Waals surface area contributed by atoms with E-state index in [0.29, 0.717) is 46.2 Å². The molecule has 1 rings (SSSR count). The maximum Gasteiger partial charge on any atom is 0.157 e. The average Bonchev–Trinajstić information content (AvgIpc) is 2.46. The largest absolute Gasteiger partial charge is 0.394 e. The molecule has 1 aliphatic rings. The van der Waals surface area contributed by atoms with Crippen LogP contribution in [0.25, 0.3) is 0 Å². The van der Waals surface area contributed by atoms with Gasteiger partial charge in [0.25, 0.3) is 0 Å². The van der Waals surface area contributed by atoms with Crippen molar-refractivity contribution in [2.75, 3.05) is 59.5 Å². The highest BCUT2D eigenvalue weighted by Gasteiger charge is 2.13. The summed E-state index contributed by atoms with van der Waals surface area (Å²) in [5.41, 5.74) is 0. The van der Waals surface area contributed by atoms with Crippen LogP contribution in [-0.2, 0) is 23.7 Å². The minimum absolute atomic E-state index is 0.0442. The van der Waals surface area contributed by atoms with Gasteiger partial charge in [0.2, 0.25) is 0 Å². The van der Waals surface area contributed by atoms with Gasteiger partial charge in [-0.3, -0.25) is 0 Å². The summed E-state index contributed by atoms with van der Waals surface area (Å²) in [6.45, 7) is 4.45. The molecule has 0 aromatic rings. The van der Waals surface area contributed by atoms with E-state index in [9.17, 15) is 0 Å². The second-order valence-electron chi connectivity index (χ2n) is 4.23. The van der Waals surface area contributed by atoms with Crippen LogP contribution in [0, 0.1) is 0 Å². The fraction of sp³-hybridized carbons (Fsp3) is 1.00. The Labute approximate surface area is 114 Å². The lowest BCUT2D eigenvalue weighted by atomic mass is 10.2. The van der Waals surface area contributed by atoms with Crippen LogP contribution >= 0.6 is 0 Å². The molecule has 6 nitrogen and oxygen atoms in total. The third-order valence-electron chi connectivity index (χ3n) is 2.65. The molecule has 0 radical (unpaired) electrons. The van der Waals surface area contributed by atoms with Gasteiger partial charge in [-0.15, -0.1) is 0 Å². The lowest BCUT2D eigenvalue weighted by Crippen LogP contribution is -2.24. The van der Waals surface area contributed by atoms with Crippen molar-refractivity contribution in [1.29, 1.82) is 0 Å². The van der Waals surface area contributed by atoms with E-state index >= 15 is 0 Å². The molecule has 6 heteroatoms. The van der Waals surface area contributed by atoms with Crippen LogP contribution in [0.5, 0.6) is 0 Å². The molecule has 1 saturated heterocycles. The van der Waals surface area contributed by atoms with Crippen LogP contribution in [0.15, 0.2) is 0 Å². The first-order valence-electron chi connectivity index (χ1n) is 7.01. The summed E-state index contributed by atoms with van der Waals surface area (Å²) in [6, 6.07) is 0. The van der Waals surface area contributed by atoms with Crippen molar-refractivity contribution in [3.05, 3.63) is 0 Å². The third-order valence-corrected chi connectivity index (χ3v) is 2.65. The first kappa shape index (κ1) is 16.8. The Balaban J connectivity index is 1.71. The molecule has 0 aliphatic carbocycles. The molecule has 19 heavy (non-hydrogen) atoms. The van der Waals surface area contributed by atoms with Crippen LogP contribution in [0.1, 0.15) is 19.3 Å². The Hall–Kier alpha value is -0.240. The van der Waals surface area contributed by atoms with Gasteiger partial charge in [-0.1, -0.05) is 0 Å². The summed E-state index contributed by atoms with van der Waals surface area (Å²) in [6.07, 6.45) is 3.25. The summed E-state index contributed by atoms with van der Waals surface area (Å²) >= 11 is 0. The van der Waals surface area contributed by atoms with Crippen molar-refractivity contribution in [2.24, 2.45) is 0 Å². The zero-order chi connectivity index (χ0) is 13.6. The molecule has 1 fully saturated rings. The Morgan fingerprint density at radius 3 is 2.05 bits per heavy atom. The van der Waals surface area contributed by atoms with Crippen LogP contribution in [0.4, 0.5) is 0 Å². The molecule has 0 saturated carbocycles. The van der Waals surface area contributed by atoms with Gasteiger partial charge in [0.1, 0.15) is 0 Å². The second kappa shape index (κ2) is 12.8. The summed E-state index contributed by atoms with van der Waals surface area (Å²) in [7, 11) is 0. The van der Waals surface area contributed by atoms with Crippen LogP contribution < -0.4 is 0 Å². The van der Waals surface area contributed by atoms with Gasteiger partial charge in [0.05, 0.1) is 52.9 Å². The Kier molecular flexibility index (Phi) is 11.3. The predicted octanol–water partition coefficient (Wildman–Crippen LogP) is 0.572. The molecule has 0 aromatic heterocycles. The summed E-state index contributed by atoms with van der Waals surface area (Å²) in [5.74, 6) is 0. The number of hydrogen-bond acceptors (Lipinski definition) is 6. The third kappa shape index (κ3) is 10.2. The van der Waals surface area contributed by atoms with E-state index in [1.54, 1.807) is 0 Å². The summed E-state index contributed by atoms with van der Waals surface area (Å²) < 4.78 is 26.6. The second-order valence-corrected chi connectivity index (χ2v) is 4.23. The van der Waals surface area contributed by atoms with Crippen molar-refractivity contribution in [3.63, 3.8) is 0 Å². The van der Waals surface area contributed by atoms with Crippen LogP contribution in [0.2, 0.25) is 0 Å².